The van der Waals surface area contributed by atoms with Gasteiger partial charge in [-0.25, -0.2) is 0 Å². The summed E-state index contributed by atoms with van der Waals surface area (Å²) in [5.41, 5.74) is 2.81. The molecule has 4 atom stereocenters. The highest BCUT2D eigenvalue weighted by molar-refractivity contribution is 5.48. The van der Waals surface area contributed by atoms with Gasteiger partial charge in [0.2, 0.25) is 5.43 Å². The maximum Gasteiger partial charge on any atom is 0.223 e. The van der Waals surface area contributed by atoms with E-state index in [1.165, 1.54) is 11.6 Å². The maximum atomic E-state index is 12.5. The van der Waals surface area contributed by atoms with Crippen molar-refractivity contribution in [2.24, 2.45) is 17.3 Å². The molecule has 1 aliphatic carbocycles. The second kappa shape index (κ2) is 8.82. The van der Waals surface area contributed by atoms with Crippen LogP contribution in [-0.2, 0) is 12.8 Å². The zero-order valence-corrected chi connectivity index (χ0v) is 23.0. The van der Waals surface area contributed by atoms with Gasteiger partial charge >= 0.3 is 0 Å². The Morgan fingerprint density at radius 2 is 1.46 bits per heavy atom. The monoisotopic (exact) mass is 504 g/mol. The molecule has 0 fully saturated rings. The van der Waals surface area contributed by atoms with E-state index in [1.807, 2.05) is 19.9 Å². The van der Waals surface area contributed by atoms with E-state index in [4.69, 9.17) is 9.47 Å². The fourth-order valence-electron chi connectivity index (χ4n) is 6.84. The number of allylic oxidation sites excluding steroid dienone is 1. The summed E-state index contributed by atoms with van der Waals surface area (Å²) < 4.78 is 13.5. The van der Waals surface area contributed by atoms with Gasteiger partial charge in [-0.2, -0.15) is 0 Å². The lowest BCUT2D eigenvalue weighted by atomic mass is 9.69. The standard InChI is InChI=1S/C32H40O5/c1-19-12-23(33)16-28-24(19)14-21-8-11-32(6)22(18-30(3,4)9-7-10-31(21,5)36-28)15-25-20(2)13-26(34)27(35)17-29(25)37-32/h7,9,12-13,16-17,21-22,33H,8,10-11,14-15,18H2,1-6H3,(H,34,35)/b9-7+/t21-,22-,31+,32-/m0/s1. The molecule has 5 nitrogen and oxygen atoms in total. The van der Waals surface area contributed by atoms with Gasteiger partial charge in [-0.15, -0.1) is 0 Å². The average Bonchev–Trinajstić information content (AvgIpc) is 2.88. The lowest BCUT2D eigenvalue weighted by molar-refractivity contribution is -0.0358. The van der Waals surface area contributed by atoms with Gasteiger partial charge in [-0.3, -0.25) is 4.79 Å². The van der Waals surface area contributed by atoms with Gasteiger partial charge in [0.05, 0.1) is 0 Å². The van der Waals surface area contributed by atoms with Gasteiger partial charge in [0.25, 0.3) is 0 Å². The summed E-state index contributed by atoms with van der Waals surface area (Å²) in [4.78, 5) is 12.5. The summed E-state index contributed by atoms with van der Waals surface area (Å²) in [5, 5.41) is 20.4. The van der Waals surface area contributed by atoms with Crippen molar-refractivity contribution in [3.8, 4) is 23.0 Å². The lowest BCUT2D eigenvalue weighted by Gasteiger charge is -2.47. The van der Waals surface area contributed by atoms with Crippen molar-refractivity contribution in [2.45, 2.75) is 91.3 Å². The first-order valence-electron chi connectivity index (χ1n) is 13.5. The Labute approximate surface area is 220 Å². The Hall–Kier alpha value is -2.95. The Bertz CT molecular complexity index is 1330. The molecule has 2 aromatic carbocycles. The second-order valence-corrected chi connectivity index (χ2v) is 12.8. The molecule has 2 aliphatic heterocycles. The Morgan fingerprint density at radius 3 is 2.19 bits per heavy atom. The minimum atomic E-state index is -0.462. The Morgan fingerprint density at radius 1 is 0.838 bits per heavy atom. The van der Waals surface area contributed by atoms with Crippen LogP contribution in [0.15, 0.2) is 41.2 Å². The zero-order valence-electron chi connectivity index (χ0n) is 23.0. The molecule has 198 valence electrons. The summed E-state index contributed by atoms with van der Waals surface area (Å²) in [7, 11) is 0. The van der Waals surface area contributed by atoms with Crippen LogP contribution in [-0.4, -0.2) is 21.4 Å². The quantitative estimate of drug-likeness (QED) is 0.398. The van der Waals surface area contributed by atoms with E-state index in [9.17, 15) is 15.0 Å². The molecule has 5 rings (SSSR count). The van der Waals surface area contributed by atoms with Gasteiger partial charge in [-0.05, 0) is 99.6 Å². The third-order valence-corrected chi connectivity index (χ3v) is 9.23. The van der Waals surface area contributed by atoms with Crippen LogP contribution in [0.3, 0.4) is 0 Å². The zero-order chi connectivity index (χ0) is 26.8. The highest BCUT2D eigenvalue weighted by Crippen LogP contribution is 2.49. The van der Waals surface area contributed by atoms with E-state index in [2.05, 4.69) is 39.8 Å². The van der Waals surface area contributed by atoms with Crippen LogP contribution in [0.5, 0.6) is 23.0 Å². The topological polar surface area (TPSA) is 76.0 Å². The lowest BCUT2D eigenvalue weighted by Crippen LogP contribution is -2.49. The third-order valence-electron chi connectivity index (χ3n) is 9.23. The van der Waals surface area contributed by atoms with Crippen molar-refractivity contribution in [1.29, 1.82) is 0 Å². The molecule has 2 N–H and O–H groups in total. The number of ether oxygens (including phenoxy) is 2. The summed E-state index contributed by atoms with van der Waals surface area (Å²) >= 11 is 0. The van der Waals surface area contributed by atoms with Crippen LogP contribution >= 0.6 is 0 Å². The van der Waals surface area contributed by atoms with E-state index < -0.39 is 16.6 Å². The van der Waals surface area contributed by atoms with E-state index in [0.717, 1.165) is 61.0 Å². The van der Waals surface area contributed by atoms with Crippen molar-refractivity contribution >= 4 is 0 Å². The van der Waals surface area contributed by atoms with Gasteiger partial charge in [0.1, 0.15) is 28.5 Å². The largest absolute Gasteiger partial charge is 0.508 e. The average molecular weight is 505 g/mol. The van der Waals surface area contributed by atoms with Crippen LogP contribution in [0.4, 0.5) is 0 Å². The maximum absolute atomic E-state index is 12.5. The molecule has 0 spiro atoms. The minimum Gasteiger partial charge on any atom is -0.508 e. The van der Waals surface area contributed by atoms with Crippen molar-refractivity contribution in [3.05, 3.63) is 68.9 Å². The predicted octanol–water partition coefficient (Wildman–Crippen LogP) is 6.55. The molecule has 0 saturated heterocycles. The molecule has 0 unspecified atom stereocenters. The second-order valence-electron chi connectivity index (χ2n) is 12.8. The fourth-order valence-corrected chi connectivity index (χ4v) is 6.84. The summed E-state index contributed by atoms with van der Waals surface area (Å²) in [6.07, 6.45) is 9.79. The molecular formula is C32H40O5. The smallest absolute Gasteiger partial charge is 0.223 e. The SMILES string of the molecule is Cc1cc(O)cc2c1C[C@@H]1CC[C@]3(C)Oc4cc(=O)c(O)cc(C)c4C[C@H]3CC(C)(C)/C=C/C[C@@]1(C)O2. The van der Waals surface area contributed by atoms with E-state index in [-0.39, 0.29) is 28.7 Å². The third kappa shape index (κ3) is 4.73. The number of aromatic hydroxyl groups is 2. The minimum absolute atomic E-state index is 0.0544. The van der Waals surface area contributed by atoms with E-state index in [0.29, 0.717) is 5.75 Å². The highest BCUT2D eigenvalue weighted by Gasteiger charge is 2.47. The molecule has 3 aliphatic rings. The number of benzene rings is 1. The molecule has 0 aromatic heterocycles. The summed E-state index contributed by atoms with van der Waals surface area (Å²) in [6.45, 7) is 12.9. The van der Waals surface area contributed by atoms with Crippen LogP contribution in [0, 0.1) is 31.1 Å². The molecule has 0 bridgehead atoms. The van der Waals surface area contributed by atoms with Crippen LogP contribution in [0.25, 0.3) is 0 Å². The number of phenolic OH excluding ortho intramolecular Hbond substituents is 1. The van der Waals surface area contributed by atoms with E-state index >= 15 is 0 Å². The number of rotatable bonds is 0. The highest BCUT2D eigenvalue weighted by atomic mass is 16.5. The first-order valence-corrected chi connectivity index (χ1v) is 13.5. The number of fused-ring (bicyclic) bond motifs is 4. The van der Waals surface area contributed by atoms with Gasteiger partial charge in [-0.1, -0.05) is 26.0 Å². The number of hydrogen-bond acceptors (Lipinski definition) is 5. The molecule has 0 radical (unpaired) electrons. The molecule has 0 saturated carbocycles. The molecule has 2 heterocycles. The van der Waals surface area contributed by atoms with Crippen molar-refractivity contribution < 1.29 is 19.7 Å². The predicted molar refractivity (Wildman–Crippen MR) is 146 cm³/mol. The van der Waals surface area contributed by atoms with Crippen molar-refractivity contribution in [3.63, 3.8) is 0 Å². The molecule has 37 heavy (non-hydrogen) atoms. The van der Waals surface area contributed by atoms with Gasteiger partial charge in [0.15, 0.2) is 5.75 Å². The number of phenols is 1. The first-order chi connectivity index (χ1) is 17.3. The van der Waals surface area contributed by atoms with Crippen LogP contribution in [0.1, 0.15) is 75.6 Å². The first kappa shape index (κ1) is 25.7. The molecule has 2 aromatic rings. The van der Waals surface area contributed by atoms with Crippen LogP contribution < -0.4 is 14.9 Å². The van der Waals surface area contributed by atoms with Gasteiger partial charge in [0, 0.05) is 30.4 Å². The van der Waals surface area contributed by atoms with Crippen molar-refractivity contribution in [1.82, 2.24) is 0 Å². The molecular weight excluding hydrogens is 464 g/mol. The van der Waals surface area contributed by atoms with Gasteiger partial charge < -0.3 is 19.7 Å². The Kier molecular flexibility index (Phi) is 6.12. The van der Waals surface area contributed by atoms with Crippen LogP contribution in [0.2, 0.25) is 0 Å². The van der Waals surface area contributed by atoms with Crippen molar-refractivity contribution in [2.75, 3.05) is 0 Å². The summed E-state index contributed by atoms with van der Waals surface area (Å²) in [5.74, 6) is 1.91. The molecule has 5 heteroatoms. The number of hydrogen-bond donors (Lipinski definition) is 2. The normalized spacial score (nSPS) is 31.2. The fraction of sp³-hybridized carbons (Fsp3) is 0.531. The Balaban J connectivity index is 1.57. The molecule has 0 amide bonds. The summed E-state index contributed by atoms with van der Waals surface area (Å²) in [6, 6.07) is 6.61. The van der Waals surface area contributed by atoms with E-state index in [1.54, 1.807) is 12.1 Å². The number of aryl methyl sites for hydroxylation is 2.